The Balaban J connectivity index is 2.73. The van der Waals surface area contributed by atoms with Gasteiger partial charge in [-0.1, -0.05) is 26.2 Å². The normalized spacial score (nSPS) is 22.6. The predicted molar refractivity (Wildman–Crippen MR) is 49.7 cm³/mol. The average molecular weight is 147 g/mol. The monoisotopic (exact) mass is 147 g/mol. The van der Waals surface area contributed by atoms with Crippen molar-refractivity contribution in [2.75, 3.05) is 0 Å². The first-order chi connectivity index (χ1) is 5.24. The number of hydrogen-bond acceptors (Lipinski definition) is 1. The molecule has 0 saturated heterocycles. The molecule has 0 aliphatic carbocycles. The lowest BCUT2D eigenvalue weighted by atomic mass is 9.96. The summed E-state index contributed by atoms with van der Waals surface area (Å²) in [6.07, 6.45) is 6.64. The van der Waals surface area contributed by atoms with Crippen molar-refractivity contribution in [1.82, 2.24) is 0 Å². The van der Waals surface area contributed by atoms with Crippen LogP contribution in [0.1, 0.15) is 13.3 Å². The number of nitrogens with zero attached hydrogens (tertiary/aromatic N) is 1. The van der Waals surface area contributed by atoms with Gasteiger partial charge >= 0.3 is 0 Å². The smallest absolute Gasteiger partial charge is 0.0302 e. The summed E-state index contributed by atoms with van der Waals surface area (Å²) in [6.45, 7) is 9.69. The highest BCUT2D eigenvalue weighted by Gasteiger charge is 2.07. The number of allylic oxidation sites excluding steroid dienone is 3. The Hall–Kier alpha value is -1.11. The van der Waals surface area contributed by atoms with Crippen LogP contribution >= 0.6 is 0 Å². The summed E-state index contributed by atoms with van der Waals surface area (Å²) in [5.41, 5.74) is 2.20. The van der Waals surface area contributed by atoms with E-state index in [2.05, 4.69) is 25.1 Å². The van der Waals surface area contributed by atoms with Gasteiger partial charge in [-0.05, 0) is 23.5 Å². The van der Waals surface area contributed by atoms with E-state index in [4.69, 9.17) is 0 Å². The van der Waals surface area contributed by atoms with Crippen molar-refractivity contribution in [2.45, 2.75) is 13.3 Å². The molecule has 0 aromatic rings. The molecular formula is C10H13N. The second-order valence-electron chi connectivity index (χ2n) is 2.86. The van der Waals surface area contributed by atoms with Gasteiger partial charge in [-0.15, -0.1) is 0 Å². The fourth-order valence-electron chi connectivity index (χ4n) is 1.08. The molecule has 1 rings (SSSR count). The zero-order valence-electron chi connectivity index (χ0n) is 6.88. The van der Waals surface area contributed by atoms with Crippen LogP contribution in [0.25, 0.3) is 0 Å². The van der Waals surface area contributed by atoms with E-state index in [1.165, 1.54) is 5.57 Å². The summed E-state index contributed by atoms with van der Waals surface area (Å²) in [6, 6.07) is 0. The van der Waals surface area contributed by atoms with Crippen LogP contribution in [0.3, 0.4) is 0 Å². The molecule has 1 aliphatic heterocycles. The lowest BCUT2D eigenvalue weighted by Gasteiger charge is -2.13. The quantitative estimate of drug-likeness (QED) is 0.532. The maximum Gasteiger partial charge on any atom is 0.0302 e. The SMILES string of the molecule is C=CC(=C)C1=CN=CC(C)C1. The van der Waals surface area contributed by atoms with Gasteiger partial charge in [-0.25, -0.2) is 0 Å². The van der Waals surface area contributed by atoms with Crippen molar-refractivity contribution < 1.29 is 0 Å². The zero-order valence-corrected chi connectivity index (χ0v) is 6.88. The van der Waals surface area contributed by atoms with Gasteiger partial charge in [0.15, 0.2) is 0 Å². The number of hydrogen-bond donors (Lipinski definition) is 0. The molecule has 0 saturated carbocycles. The van der Waals surface area contributed by atoms with Gasteiger partial charge in [-0.2, -0.15) is 0 Å². The Bertz CT molecular complexity index is 233. The molecule has 1 nitrogen and oxygen atoms in total. The standard InChI is InChI=1S/C10H13N/c1-4-9(3)10-5-8(2)6-11-7-10/h4,6-8H,1,3,5H2,2H3. The van der Waals surface area contributed by atoms with Gasteiger partial charge in [0.25, 0.3) is 0 Å². The highest BCUT2D eigenvalue weighted by molar-refractivity contribution is 5.64. The highest BCUT2D eigenvalue weighted by atomic mass is 14.7. The molecule has 1 heterocycles. The summed E-state index contributed by atoms with van der Waals surface area (Å²) >= 11 is 0. The summed E-state index contributed by atoms with van der Waals surface area (Å²) in [7, 11) is 0. The van der Waals surface area contributed by atoms with E-state index >= 15 is 0 Å². The molecule has 1 aliphatic rings. The topological polar surface area (TPSA) is 12.4 Å². The lowest BCUT2D eigenvalue weighted by molar-refractivity contribution is 0.768. The van der Waals surface area contributed by atoms with E-state index in [9.17, 15) is 0 Å². The fourth-order valence-corrected chi connectivity index (χ4v) is 1.08. The summed E-state index contributed by atoms with van der Waals surface area (Å²) in [4.78, 5) is 4.11. The van der Waals surface area contributed by atoms with E-state index in [0.717, 1.165) is 12.0 Å². The third kappa shape index (κ3) is 1.90. The van der Waals surface area contributed by atoms with E-state index in [1.807, 2.05) is 12.4 Å². The second kappa shape index (κ2) is 3.33. The third-order valence-electron chi connectivity index (χ3n) is 1.77. The first kappa shape index (κ1) is 7.99. The first-order valence-corrected chi connectivity index (χ1v) is 3.78. The molecule has 1 unspecified atom stereocenters. The van der Waals surface area contributed by atoms with Gasteiger partial charge in [0.05, 0.1) is 0 Å². The minimum absolute atomic E-state index is 0.534. The molecule has 0 aromatic heterocycles. The number of rotatable bonds is 2. The summed E-state index contributed by atoms with van der Waals surface area (Å²) in [5, 5.41) is 0. The van der Waals surface area contributed by atoms with Crippen molar-refractivity contribution >= 4 is 6.21 Å². The Kier molecular flexibility index (Phi) is 2.42. The Morgan fingerprint density at radius 2 is 2.55 bits per heavy atom. The Labute approximate surface area is 67.8 Å². The van der Waals surface area contributed by atoms with Crippen LogP contribution in [0.4, 0.5) is 0 Å². The lowest BCUT2D eigenvalue weighted by Crippen LogP contribution is -2.02. The van der Waals surface area contributed by atoms with E-state index in [-0.39, 0.29) is 0 Å². The Morgan fingerprint density at radius 3 is 3.09 bits per heavy atom. The predicted octanol–water partition coefficient (Wildman–Crippen LogP) is 2.72. The fraction of sp³-hybridized carbons (Fsp3) is 0.300. The molecule has 0 bridgehead atoms. The molecule has 0 N–H and O–H groups in total. The van der Waals surface area contributed by atoms with Gasteiger partial charge in [0, 0.05) is 12.4 Å². The molecule has 0 amide bonds. The van der Waals surface area contributed by atoms with Gasteiger partial charge in [-0.3, -0.25) is 4.99 Å². The van der Waals surface area contributed by atoms with Gasteiger partial charge < -0.3 is 0 Å². The summed E-state index contributed by atoms with van der Waals surface area (Å²) in [5.74, 6) is 0.534. The van der Waals surface area contributed by atoms with Crippen LogP contribution < -0.4 is 0 Å². The van der Waals surface area contributed by atoms with Crippen LogP contribution in [-0.2, 0) is 0 Å². The van der Waals surface area contributed by atoms with Crippen molar-refractivity contribution in [1.29, 1.82) is 0 Å². The van der Waals surface area contributed by atoms with Crippen molar-refractivity contribution in [2.24, 2.45) is 10.9 Å². The van der Waals surface area contributed by atoms with E-state index < -0.39 is 0 Å². The van der Waals surface area contributed by atoms with E-state index in [0.29, 0.717) is 5.92 Å². The number of aliphatic imine (C=N–C) groups is 1. The molecule has 1 heteroatoms. The molecule has 0 radical (unpaired) electrons. The van der Waals surface area contributed by atoms with Crippen LogP contribution in [-0.4, -0.2) is 6.21 Å². The zero-order chi connectivity index (χ0) is 8.27. The third-order valence-corrected chi connectivity index (χ3v) is 1.77. The van der Waals surface area contributed by atoms with E-state index in [1.54, 1.807) is 6.08 Å². The van der Waals surface area contributed by atoms with Crippen LogP contribution in [0.2, 0.25) is 0 Å². The average Bonchev–Trinajstić information content (AvgIpc) is 2.03. The van der Waals surface area contributed by atoms with Crippen LogP contribution in [0, 0.1) is 5.92 Å². The summed E-state index contributed by atoms with van der Waals surface area (Å²) < 4.78 is 0. The first-order valence-electron chi connectivity index (χ1n) is 3.78. The largest absolute Gasteiger partial charge is 0.268 e. The maximum absolute atomic E-state index is 4.11. The highest BCUT2D eigenvalue weighted by Crippen LogP contribution is 2.20. The van der Waals surface area contributed by atoms with Gasteiger partial charge in [0.1, 0.15) is 0 Å². The molecule has 0 fully saturated rings. The maximum atomic E-state index is 4.11. The molecule has 0 spiro atoms. The van der Waals surface area contributed by atoms with Gasteiger partial charge in [0.2, 0.25) is 0 Å². The molecule has 1 atom stereocenters. The Morgan fingerprint density at radius 1 is 1.82 bits per heavy atom. The molecule has 58 valence electrons. The second-order valence-corrected chi connectivity index (χ2v) is 2.86. The van der Waals surface area contributed by atoms with Crippen LogP contribution in [0.15, 0.2) is 41.6 Å². The minimum atomic E-state index is 0.534. The minimum Gasteiger partial charge on any atom is -0.268 e. The molecular weight excluding hydrogens is 134 g/mol. The van der Waals surface area contributed by atoms with Crippen LogP contribution in [0.5, 0.6) is 0 Å². The molecule has 11 heavy (non-hydrogen) atoms. The van der Waals surface area contributed by atoms with Crippen molar-refractivity contribution in [3.63, 3.8) is 0 Å². The van der Waals surface area contributed by atoms with Crippen molar-refractivity contribution in [3.05, 3.63) is 36.6 Å². The molecule has 0 aromatic carbocycles. The van der Waals surface area contributed by atoms with Crippen molar-refractivity contribution in [3.8, 4) is 0 Å².